The second-order valence-electron chi connectivity index (χ2n) is 4.85. The number of esters is 1. The van der Waals surface area contributed by atoms with E-state index in [4.69, 9.17) is 10.00 Å². The third kappa shape index (κ3) is 1.89. The van der Waals surface area contributed by atoms with Crippen molar-refractivity contribution in [1.29, 1.82) is 5.26 Å². The molecule has 0 heterocycles. The maximum absolute atomic E-state index is 11.5. The smallest absolute Gasteiger partial charge is 0.326 e. The van der Waals surface area contributed by atoms with Gasteiger partial charge in [0.15, 0.2) is 5.41 Å². The average Bonchev–Trinajstić information content (AvgIpc) is 2.18. The Morgan fingerprint density at radius 1 is 1.29 bits per heavy atom. The van der Waals surface area contributed by atoms with Gasteiger partial charge in [-0.2, -0.15) is 5.26 Å². The zero-order valence-electron chi connectivity index (χ0n) is 9.09. The van der Waals surface area contributed by atoms with E-state index in [1.54, 1.807) is 0 Å². The van der Waals surface area contributed by atoms with Gasteiger partial charge in [0.25, 0.3) is 0 Å². The summed E-state index contributed by atoms with van der Waals surface area (Å²) >= 11 is 0. The Hall–Kier alpha value is -1.04. The molecule has 3 nitrogen and oxygen atoms in total. The third-order valence-corrected chi connectivity index (χ3v) is 3.25. The van der Waals surface area contributed by atoms with Crippen molar-refractivity contribution in [3.63, 3.8) is 0 Å². The van der Waals surface area contributed by atoms with Crippen LogP contribution < -0.4 is 0 Å². The summed E-state index contributed by atoms with van der Waals surface area (Å²) in [6, 6.07) is 2.13. The van der Waals surface area contributed by atoms with Crippen molar-refractivity contribution in [1.82, 2.24) is 0 Å². The number of hydrogen-bond acceptors (Lipinski definition) is 3. The van der Waals surface area contributed by atoms with Gasteiger partial charge in [-0.3, -0.25) is 4.79 Å². The first-order chi connectivity index (χ1) is 6.46. The second-order valence-corrected chi connectivity index (χ2v) is 4.85. The fraction of sp³-hybridized carbons (Fsp3) is 0.818. The molecule has 14 heavy (non-hydrogen) atoms. The first kappa shape index (κ1) is 11.0. The van der Waals surface area contributed by atoms with Crippen LogP contribution in [-0.2, 0) is 9.53 Å². The van der Waals surface area contributed by atoms with Crippen LogP contribution in [0.4, 0.5) is 0 Å². The molecular weight excluding hydrogens is 178 g/mol. The lowest BCUT2D eigenvalue weighted by Gasteiger charge is -2.37. The lowest BCUT2D eigenvalue weighted by molar-refractivity contribution is -0.152. The molecule has 0 N–H and O–H groups in total. The van der Waals surface area contributed by atoms with E-state index in [0.29, 0.717) is 12.8 Å². The third-order valence-electron chi connectivity index (χ3n) is 3.25. The Morgan fingerprint density at radius 2 is 1.79 bits per heavy atom. The number of rotatable bonds is 1. The van der Waals surface area contributed by atoms with Crippen LogP contribution in [0.1, 0.15) is 39.5 Å². The summed E-state index contributed by atoms with van der Waals surface area (Å²) in [4.78, 5) is 11.5. The van der Waals surface area contributed by atoms with E-state index in [9.17, 15) is 4.79 Å². The van der Waals surface area contributed by atoms with Crippen molar-refractivity contribution in [2.75, 3.05) is 7.11 Å². The molecule has 1 rings (SSSR count). The normalized spacial score (nSPS) is 23.6. The standard InChI is InChI=1S/C11H17NO2/c1-10(2)4-6-11(8-12,7-5-10)9(13)14-3/h4-7H2,1-3H3. The van der Waals surface area contributed by atoms with E-state index in [-0.39, 0.29) is 11.4 Å². The van der Waals surface area contributed by atoms with Crippen LogP contribution in [0.15, 0.2) is 0 Å². The molecule has 0 aromatic carbocycles. The Bertz CT molecular complexity index is 266. The lowest BCUT2D eigenvalue weighted by Crippen LogP contribution is -2.37. The number of ether oxygens (including phenoxy) is 1. The number of hydrogen-bond donors (Lipinski definition) is 0. The summed E-state index contributed by atoms with van der Waals surface area (Å²) in [6.45, 7) is 4.34. The van der Waals surface area contributed by atoms with Crippen LogP contribution in [0.2, 0.25) is 0 Å². The highest BCUT2D eigenvalue weighted by Crippen LogP contribution is 2.45. The van der Waals surface area contributed by atoms with Crippen molar-refractivity contribution in [2.24, 2.45) is 10.8 Å². The molecule has 1 fully saturated rings. The van der Waals surface area contributed by atoms with Gasteiger partial charge in [-0.1, -0.05) is 13.8 Å². The first-order valence-corrected chi connectivity index (χ1v) is 4.95. The second kappa shape index (κ2) is 3.61. The highest BCUT2D eigenvalue weighted by atomic mass is 16.5. The van der Waals surface area contributed by atoms with E-state index in [0.717, 1.165) is 12.8 Å². The highest BCUT2D eigenvalue weighted by Gasteiger charge is 2.45. The molecule has 0 spiro atoms. The fourth-order valence-electron chi connectivity index (χ4n) is 1.91. The van der Waals surface area contributed by atoms with Crippen molar-refractivity contribution in [3.05, 3.63) is 0 Å². The van der Waals surface area contributed by atoms with Crippen molar-refractivity contribution in [2.45, 2.75) is 39.5 Å². The van der Waals surface area contributed by atoms with Gasteiger partial charge in [-0.25, -0.2) is 0 Å². The molecule has 0 aromatic heterocycles. The van der Waals surface area contributed by atoms with Gasteiger partial charge in [0.2, 0.25) is 0 Å². The SMILES string of the molecule is COC(=O)C1(C#N)CCC(C)(C)CC1. The van der Waals surface area contributed by atoms with Crippen molar-refractivity contribution < 1.29 is 9.53 Å². The van der Waals surface area contributed by atoms with Gasteiger partial charge in [-0.05, 0) is 31.1 Å². The van der Waals surface area contributed by atoms with Gasteiger partial charge < -0.3 is 4.74 Å². The van der Waals surface area contributed by atoms with E-state index in [2.05, 4.69) is 19.9 Å². The Morgan fingerprint density at radius 3 is 2.14 bits per heavy atom. The average molecular weight is 195 g/mol. The predicted molar refractivity (Wildman–Crippen MR) is 52.3 cm³/mol. The van der Waals surface area contributed by atoms with Crippen LogP contribution in [0, 0.1) is 22.2 Å². The number of carbonyl (C=O) groups is 1. The van der Waals surface area contributed by atoms with Gasteiger partial charge in [-0.15, -0.1) is 0 Å². The molecule has 0 radical (unpaired) electrons. The van der Waals surface area contributed by atoms with Gasteiger partial charge >= 0.3 is 5.97 Å². The molecular formula is C11H17NO2. The number of nitrogens with zero attached hydrogens (tertiary/aromatic N) is 1. The molecule has 0 aliphatic heterocycles. The zero-order valence-corrected chi connectivity index (χ0v) is 9.09. The van der Waals surface area contributed by atoms with Crippen LogP contribution in [0.5, 0.6) is 0 Å². The summed E-state index contributed by atoms with van der Waals surface area (Å²) < 4.78 is 4.69. The van der Waals surface area contributed by atoms with E-state index < -0.39 is 5.41 Å². The van der Waals surface area contributed by atoms with Gasteiger partial charge in [0.05, 0.1) is 13.2 Å². The van der Waals surface area contributed by atoms with Crippen LogP contribution in [0.3, 0.4) is 0 Å². The Labute approximate surface area is 85.1 Å². The summed E-state index contributed by atoms with van der Waals surface area (Å²) in [5.41, 5.74) is -0.612. The molecule has 0 atom stereocenters. The monoisotopic (exact) mass is 195 g/mol. The Balaban J connectivity index is 2.78. The predicted octanol–water partition coefficient (Wildman–Crippen LogP) is 2.27. The molecule has 0 unspecified atom stereocenters. The van der Waals surface area contributed by atoms with Crippen molar-refractivity contribution in [3.8, 4) is 6.07 Å². The number of nitriles is 1. The molecule has 1 aliphatic rings. The highest BCUT2D eigenvalue weighted by molar-refractivity contribution is 5.80. The molecule has 0 saturated heterocycles. The maximum atomic E-state index is 11.5. The summed E-state index contributed by atoms with van der Waals surface area (Å²) in [6.07, 6.45) is 3.08. The molecule has 1 saturated carbocycles. The minimum Gasteiger partial charge on any atom is -0.468 e. The van der Waals surface area contributed by atoms with Crippen LogP contribution in [-0.4, -0.2) is 13.1 Å². The Kier molecular flexibility index (Phi) is 2.84. The number of carbonyl (C=O) groups excluding carboxylic acids is 1. The largest absolute Gasteiger partial charge is 0.468 e. The molecule has 0 amide bonds. The zero-order chi connectivity index (χ0) is 10.8. The fourth-order valence-corrected chi connectivity index (χ4v) is 1.91. The quantitative estimate of drug-likeness (QED) is 0.603. The molecule has 1 aliphatic carbocycles. The molecule has 78 valence electrons. The topological polar surface area (TPSA) is 50.1 Å². The summed E-state index contributed by atoms with van der Waals surface area (Å²) in [7, 11) is 1.35. The van der Waals surface area contributed by atoms with Gasteiger partial charge in [0, 0.05) is 0 Å². The lowest BCUT2D eigenvalue weighted by atomic mass is 9.66. The van der Waals surface area contributed by atoms with E-state index in [1.807, 2.05) is 0 Å². The minimum absolute atomic E-state index is 0.258. The summed E-state index contributed by atoms with van der Waals surface area (Å²) in [5, 5.41) is 9.06. The van der Waals surface area contributed by atoms with Crippen LogP contribution in [0.25, 0.3) is 0 Å². The molecule has 0 bridgehead atoms. The molecule has 3 heteroatoms. The van der Waals surface area contributed by atoms with E-state index in [1.165, 1.54) is 7.11 Å². The first-order valence-electron chi connectivity index (χ1n) is 4.95. The van der Waals surface area contributed by atoms with Crippen molar-refractivity contribution >= 4 is 5.97 Å². The minimum atomic E-state index is -0.871. The van der Waals surface area contributed by atoms with E-state index >= 15 is 0 Å². The maximum Gasteiger partial charge on any atom is 0.326 e. The molecule has 0 aromatic rings. The van der Waals surface area contributed by atoms with Gasteiger partial charge in [0.1, 0.15) is 0 Å². The number of methoxy groups -OCH3 is 1. The van der Waals surface area contributed by atoms with Crippen LogP contribution >= 0.6 is 0 Å². The summed E-state index contributed by atoms with van der Waals surface area (Å²) in [5.74, 6) is -0.365.